The maximum atomic E-state index is 12.1. The van der Waals surface area contributed by atoms with E-state index < -0.39 is 5.91 Å². The van der Waals surface area contributed by atoms with Gasteiger partial charge in [0.25, 0.3) is 0 Å². The Kier molecular flexibility index (Phi) is 6.69. The van der Waals surface area contributed by atoms with Crippen LogP contribution in [0.25, 0.3) is 6.08 Å². The molecule has 0 fully saturated rings. The van der Waals surface area contributed by atoms with Gasteiger partial charge in [-0.3, -0.25) is 9.59 Å². The van der Waals surface area contributed by atoms with Crippen molar-refractivity contribution >= 4 is 17.9 Å². The summed E-state index contributed by atoms with van der Waals surface area (Å²) >= 11 is 0. The van der Waals surface area contributed by atoms with Gasteiger partial charge in [0.2, 0.25) is 11.8 Å². The molecule has 0 saturated carbocycles. The minimum Gasteiger partial charge on any atom is -0.368 e. The van der Waals surface area contributed by atoms with Crippen molar-refractivity contribution in [2.24, 2.45) is 5.73 Å². The van der Waals surface area contributed by atoms with Crippen LogP contribution in [0.2, 0.25) is 0 Å². The Labute approximate surface area is 124 Å². The van der Waals surface area contributed by atoms with Crippen molar-refractivity contribution in [3.8, 4) is 6.07 Å². The highest BCUT2D eigenvalue weighted by Gasteiger charge is 2.12. The molecule has 0 radical (unpaired) electrons. The van der Waals surface area contributed by atoms with Crippen molar-refractivity contribution in [3.63, 3.8) is 0 Å². The number of nitrogens with zero attached hydrogens (tertiary/aromatic N) is 2. The van der Waals surface area contributed by atoms with E-state index in [2.05, 4.69) is 0 Å². The molecule has 2 amide bonds. The third-order valence-electron chi connectivity index (χ3n) is 2.87. The van der Waals surface area contributed by atoms with Crippen LogP contribution in [0, 0.1) is 11.3 Å². The molecule has 5 nitrogen and oxygen atoms in total. The van der Waals surface area contributed by atoms with E-state index in [0.29, 0.717) is 12.1 Å². The van der Waals surface area contributed by atoms with Gasteiger partial charge in [0.05, 0.1) is 18.2 Å². The highest BCUT2D eigenvalue weighted by atomic mass is 16.2. The topological polar surface area (TPSA) is 87.2 Å². The van der Waals surface area contributed by atoms with Gasteiger partial charge in [-0.05, 0) is 30.2 Å². The van der Waals surface area contributed by atoms with Gasteiger partial charge < -0.3 is 10.6 Å². The Bertz CT molecular complexity index is 573. The molecule has 0 heterocycles. The number of primary amides is 1. The molecule has 0 aliphatic carbocycles. The molecule has 0 spiro atoms. The first-order valence-corrected chi connectivity index (χ1v) is 6.82. The molecule has 0 bridgehead atoms. The van der Waals surface area contributed by atoms with Crippen molar-refractivity contribution in [2.45, 2.75) is 19.8 Å². The number of hydrogen-bond acceptors (Lipinski definition) is 3. The summed E-state index contributed by atoms with van der Waals surface area (Å²) in [5, 5.41) is 8.82. The normalized spacial score (nSPS) is 10.3. The number of hydrogen-bond donors (Lipinski definition) is 1. The predicted octanol–water partition coefficient (Wildman–Crippen LogP) is 1.69. The molecular formula is C16H19N3O2. The molecule has 1 rings (SSSR count). The zero-order chi connectivity index (χ0) is 15.7. The molecule has 21 heavy (non-hydrogen) atoms. The Morgan fingerprint density at radius 1 is 1.43 bits per heavy atom. The number of amides is 2. The number of rotatable bonds is 7. The van der Waals surface area contributed by atoms with Crippen LogP contribution in [0.1, 0.15) is 30.9 Å². The van der Waals surface area contributed by atoms with E-state index in [9.17, 15) is 9.59 Å². The van der Waals surface area contributed by atoms with E-state index in [1.54, 1.807) is 30.3 Å². The van der Waals surface area contributed by atoms with Crippen molar-refractivity contribution in [2.75, 3.05) is 13.1 Å². The average Bonchev–Trinajstić information content (AvgIpc) is 2.48. The third kappa shape index (κ3) is 5.91. The van der Waals surface area contributed by atoms with Gasteiger partial charge in [0, 0.05) is 12.6 Å². The lowest BCUT2D eigenvalue weighted by Gasteiger charge is -2.18. The minimum atomic E-state index is -0.528. The number of nitriles is 1. The van der Waals surface area contributed by atoms with Crippen LogP contribution < -0.4 is 5.73 Å². The standard InChI is InChI=1S/C16H19N3O2/c1-2-3-9-19(12-15(18)20)16(21)8-7-13-5-4-6-14(10-13)11-17/h4-8,10H,2-3,9,12H2,1H3,(H2,18,20)/b8-7+. The van der Waals surface area contributed by atoms with E-state index in [0.717, 1.165) is 18.4 Å². The molecule has 0 aliphatic heterocycles. The number of benzene rings is 1. The first-order chi connectivity index (χ1) is 10.1. The summed E-state index contributed by atoms with van der Waals surface area (Å²) in [6.45, 7) is 2.43. The summed E-state index contributed by atoms with van der Waals surface area (Å²) in [6.07, 6.45) is 4.77. The van der Waals surface area contributed by atoms with Crippen LogP contribution in [-0.2, 0) is 9.59 Å². The van der Waals surface area contributed by atoms with Crippen molar-refractivity contribution in [1.29, 1.82) is 5.26 Å². The molecule has 2 N–H and O–H groups in total. The van der Waals surface area contributed by atoms with Gasteiger partial charge >= 0.3 is 0 Å². The zero-order valence-electron chi connectivity index (χ0n) is 12.1. The van der Waals surface area contributed by atoms with E-state index >= 15 is 0 Å². The maximum absolute atomic E-state index is 12.1. The SMILES string of the molecule is CCCCN(CC(N)=O)C(=O)/C=C/c1cccc(C#N)c1. The summed E-state index contributed by atoms with van der Waals surface area (Å²) in [5.74, 6) is -0.788. The number of carbonyl (C=O) groups excluding carboxylic acids is 2. The lowest BCUT2D eigenvalue weighted by atomic mass is 10.1. The van der Waals surface area contributed by atoms with Crippen molar-refractivity contribution in [3.05, 3.63) is 41.5 Å². The van der Waals surface area contributed by atoms with Gasteiger partial charge in [-0.15, -0.1) is 0 Å². The molecule has 0 atom stereocenters. The molecule has 0 saturated heterocycles. The van der Waals surface area contributed by atoms with Gasteiger partial charge in [0.15, 0.2) is 0 Å². The predicted molar refractivity (Wildman–Crippen MR) is 80.9 cm³/mol. The Morgan fingerprint density at radius 3 is 2.81 bits per heavy atom. The van der Waals surface area contributed by atoms with Crippen molar-refractivity contribution in [1.82, 2.24) is 4.90 Å². The molecule has 0 unspecified atom stereocenters. The van der Waals surface area contributed by atoms with E-state index in [-0.39, 0.29) is 12.5 Å². The molecule has 110 valence electrons. The van der Waals surface area contributed by atoms with Crippen LogP contribution in [-0.4, -0.2) is 29.8 Å². The first-order valence-electron chi connectivity index (χ1n) is 6.82. The second-order valence-corrected chi connectivity index (χ2v) is 4.65. The van der Waals surface area contributed by atoms with E-state index in [1.165, 1.54) is 11.0 Å². The molecule has 0 aliphatic rings. The van der Waals surface area contributed by atoms with Crippen LogP contribution in [0.5, 0.6) is 0 Å². The second kappa shape index (κ2) is 8.54. The van der Waals surface area contributed by atoms with Crippen LogP contribution in [0.4, 0.5) is 0 Å². The highest BCUT2D eigenvalue weighted by molar-refractivity contribution is 5.94. The summed E-state index contributed by atoms with van der Waals surface area (Å²) in [7, 11) is 0. The van der Waals surface area contributed by atoms with Gasteiger partial charge in [0.1, 0.15) is 0 Å². The number of nitrogens with two attached hydrogens (primary N) is 1. The van der Waals surface area contributed by atoms with Gasteiger partial charge in [-0.25, -0.2) is 0 Å². The summed E-state index contributed by atoms with van der Waals surface area (Å²) in [6, 6.07) is 8.98. The number of unbranched alkanes of at least 4 members (excludes halogenated alkanes) is 1. The van der Waals surface area contributed by atoms with E-state index in [1.807, 2.05) is 13.0 Å². The fourth-order valence-electron chi connectivity index (χ4n) is 1.79. The first kappa shape index (κ1) is 16.4. The highest BCUT2D eigenvalue weighted by Crippen LogP contribution is 2.07. The third-order valence-corrected chi connectivity index (χ3v) is 2.87. The maximum Gasteiger partial charge on any atom is 0.247 e. The molecule has 5 heteroatoms. The quantitative estimate of drug-likeness (QED) is 0.773. The minimum absolute atomic E-state index is 0.0819. The van der Waals surface area contributed by atoms with E-state index in [4.69, 9.17) is 11.0 Å². The average molecular weight is 285 g/mol. The largest absolute Gasteiger partial charge is 0.368 e. The van der Waals surface area contributed by atoms with Gasteiger partial charge in [-0.1, -0.05) is 25.5 Å². The second-order valence-electron chi connectivity index (χ2n) is 4.65. The monoisotopic (exact) mass is 285 g/mol. The lowest BCUT2D eigenvalue weighted by Crippen LogP contribution is -2.38. The Morgan fingerprint density at radius 2 is 2.19 bits per heavy atom. The molecular weight excluding hydrogens is 266 g/mol. The van der Waals surface area contributed by atoms with Gasteiger partial charge in [-0.2, -0.15) is 5.26 Å². The fraction of sp³-hybridized carbons (Fsp3) is 0.312. The Hall–Kier alpha value is -2.61. The molecule has 1 aromatic carbocycles. The smallest absolute Gasteiger partial charge is 0.247 e. The molecule has 0 aromatic heterocycles. The fourth-order valence-corrected chi connectivity index (χ4v) is 1.79. The van der Waals surface area contributed by atoms with Crippen molar-refractivity contribution < 1.29 is 9.59 Å². The lowest BCUT2D eigenvalue weighted by molar-refractivity contribution is -0.131. The summed E-state index contributed by atoms with van der Waals surface area (Å²) in [4.78, 5) is 24.5. The van der Waals surface area contributed by atoms with Crippen LogP contribution >= 0.6 is 0 Å². The van der Waals surface area contributed by atoms with Crippen LogP contribution in [0.15, 0.2) is 30.3 Å². The molecule has 1 aromatic rings. The number of carbonyl (C=O) groups is 2. The van der Waals surface area contributed by atoms with Crippen LogP contribution in [0.3, 0.4) is 0 Å². The zero-order valence-corrected chi connectivity index (χ0v) is 12.1. The Balaban J connectivity index is 2.76. The summed E-state index contributed by atoms with van der Waals surface area (Å²) in [5.41, 5.74) is 6.45. The summed E-state index contributed by atoms with van der Waals surface area (Å²) < 4.78 is 0.